The van der Waals surface area contributed by atoms with Gasteiger partial charge in [0.05, 0.1) is 5.33 Å². The van der Waals surface area contributed by atoms with Gasteiger partial charge in [0.2, 0.25) is 0 Å². The van der Waals surface area contributed by atoms with Crippen molar-refractivity contribution in [2.24, 2.45) is 0 Å². The fourth-order valence-electron chi connectivity index (χ4n) is 0.873. The molecular weight excluding hydrogens is 236 g/mol. The van der Waals surface area contributed by atoms with Crippen molar-refractivity contribution in [1.29, 1.82) is 0 Å². The van der Waals surface area contributed by atoms with Crippen LogP contribution in [0, 0.1) is 0 Å². The summed E-state index contributed by atoms with van der Waals surface area (Å²) in [6.45, 7) is 0. The third kappa shape index (κ3) is 2.35. The molecule has 3 heteroatoms. The average molecular weight is 245 g/mol. The summed E-state index contributed by atoms with van der Waals surface area (Å²) in [4.78, 5) is 11.1. The van der Waals surface area contributed by atoms with E-state index in [4.69, 9.17) is 0 Å². The van der Waals surface area contributed by atoms with Crippen LogP contribution in [-0.2, 0) is 5.75 Å². The first-order valence-electron chi connectivity index (χ1n) is 3.57. The van der Waals surface area contributed by atoms with Gasteiger partial charge in [-0.3, -0.25) is 4.79 Å². The lowest BCUT2D eigenvalue weighted by Crippen LogP contribution is -1.99. The van der Waals surface area contributed by atoms with E-state index in [-0.39, 0.29) is 5.78 Å². The second-order valence-corrected chi connectivity index (χ2v) is 3.29. The molecule has 0 spiro atoms. The van der Waals surface area contributed by atoms with Crippen LogP contribution in [0.25, 0.3) is 0 Å². The minimum absolute atomic E-state index is 0.112. The molecule has 0 aliphatic heterocycles. The number of rotatable bonds is 3. The highest BCUT2D eigenvalue weighted by molar-refractivity contribution is 9.09. The minimum atomic E-state index is 0.112. The molecule has 1 aromatic rings. The van der Waals surface area contributed by atoms with Gasteiger partial charge in [-0.15, -0.1) is 0 Å². The minimum Gasteiger partial charge on any atom is -0.293 e. The molecule has 1 nitrogen and oxygen atoms in total. The third-order valence-electron chi connectivity index (χ3n) is 1.58. The predicted octanol–water partition coefficient (Wildman–Crippen LogP) is 2.69. The zero-order valence-electron chi connectivity index (χ0n) is 6.46. The third-order valence-corrected chi connectivity index (χ3v) is 2.45. The molecule has 0 aromatic heterocycles. The number of carbonyl (C=O) groups is 1. The Hall–Kier alpha value is -0.280. The van der Waals surface area contributed by atoms with Crippen LogP contribution in [0.5, 0.6) is 0 Å². The van der Waals surface area contributed by atoms with E-state index in [1.165, 1.54) is 0 Å². The van der Waals surface area contributed by atoms with Crippen LogP contribution in [-0.4, -0.2) is 11.1 Å². The zero-order valence-corrected chi connectivity index (χ0v) is 8.94. The number of alkyl halides is 1. The molecule has 12 heavy (non-hydrogen) atoms. The molecule has 0 aliphatic rings. The summed E-state index contributed by atoms with van der Waals surface area (Å²) in [6.07, 6.45) is 0. The number of Topliss-reactive ketones (excluding diaryl/α,β-unsaturated/α-hetero) is 1. The van der Waals surface area contributed by atoms with Crippen molar-refractivity contribution < 1.29 is 4.79 Å². The summed E-state index contributed by atoms with van der Waals surface area (Å²) in [7, 11) is 0. The first kappa shape index (κ1) is 9.81. The quantitative estimate of drug-likeness (QED) is 0.492. The molecule has 0 unspecified atom stereocenters. The van der Waals surface area contributed by atoms with E-state index in [2.05, 4.69) is 28.6 Å². The Labute approximate surface area is 85.7 Å². The van der Waals surface area contributed by atoms with Gasteiger partial charge in [-0.05, 0) is 5.56 Å². The lowest BCUT2D eigenvalue weighted by molar-refractivity contribution is 0.102. The van der Waals surface area contributed by atoms with Gasteiger partial charge in [-0.2, -0.15) is 12.6 Å². The molecule has 0 saturated carbocycles. The first-order valence-corrected chi connectivity index (χ1v) is 5.32. The number of carbonyl (C=O) groups excluding carboxylic acids is 1. The van der Waals surface area contributed by atoms with E-state index in [1.807, 2.05) is 24.3 Å². The van der Waals surface area contributed by atoms with Crippen molar-refractivity contribution in [3.8, 4) is 0 Å². The van der Waals surface area contributed by atoms with E-state index in [0.717, 1.165) is 11.1 Å². The SMILES string of the molecule is O=C(CBr)c1ccc(CS)cc1. The molecule has 0 heterocycles. The van der Waals surface area contributed by atoms with Crippen molar-refractivity contribution in [1.82, 2.24) is 0 Å². The highest BCUT2D eigenvalue weighted by Crippen LogP contribution is 2.07. The first-order chi connectivity index (χ1) is 5.77. The number of halogens is 1. The molecule has 0 bridgehead atoms. The predicted molar refractivity (Wildman–Crippen MR) is 57.3 cm³/mol. The molecule has 0 N–H and O–H groups in total. The molecule has 0 fully saturated rings. The fraction of sp³-hybridized carbons (Fsp3) is 0.222. The van der Waals surface area contributed by atoms with Crippen molar-refractivity contribution in [2.75, 3.05) is 5.33 Å². The number of hydrogen-bond donors (Lipinski definition) is 1. The normalized spacial score (nSPS) is 9.83. The molecular formula is C9H9BrOS. The highest BCUT2D eigenvalue weighted by atomic mass is 79.9. The summed E-state index contributed by atoms with van der Waals surface area (Å²) in [5, 5.41) is 0.382. The Kier molecular flexibility index (Phi) is 3.82. The second kappa shape index (κ2) is 4.67. The van der Waals surface area contributed by atoms with Gasteiger partial charge < -0.3 is 0 Å². The van der Waals surface area contributed by atoms with Gasteiger partial charge in [-0.1, -0.05) is 40.2 Å². The topological polar surface area (TPSA) is 17.1 Å². The Morgan fingerprint density at radius 2 is 1.92 bits per heavy atom. The van der Waals surface area contributed by atoms with Crippen LogP contribution in [0.15, 0.2) is 24.3 Å². The smallest absolute Gasteiger partial charge is 0.173 e. The standard InChI is InChI=1S/C9H9BrOS/c10-5-9(11)8-3-1-7(6-12)2-4-8/h1-4,12H,5-6H2. The molecule has 0 amide bonds. The summed E-state index contributed by atoms with van der Waals surface area (Å²) in [6, 6.07) is 7.50. The number of benzene rings is 1. The Bertz CT molecular complexity index is 268. The Balaban J connectivity index is 2.84. The van der Waals surface area contributed by atoms with Crippen LogP contribution in [0.1, 0.15) is 15.9 Å². The Morgan fingerprint density at radius 3 is 2.33 bits per heavy atom. The van der Waals surface area contributed by atoms with Crippen LogP contribution < -0.4 is 0 Å². The van der Waals surface area contributed by atoms with Crippen molar-refractivity contribution in [3.63, 3.8) is 0 Å². The van der Waals surface area contributed by atoms with Gasteiger partial charge in [0.1, 0.15) is 0 Å². The molecule has 0 saturated heterocycles. The maximum Gasteiger partial charge on any atom is 0.173 e. The van der Waals surface area contributed by atoms with Crippen molar-refractivity contribution >= 4 is 34.3 Å². The van der Waals surface area contributed by atoms with Crippen LogP contribution >= 0.6 is 28.6 Å². The van der Waals surface area contributed by atoms with Crippen molar-refractivity contribution in [3.05, 3.63) is 35.4 Å². The van der Waals surface area contributed by atoms with Crippen molar-refractivity contribution in [2.45, 2.75) is 5.75 Å². The molecule has 0 radical (unpaired) electrons. The van der Waals surface area contributed by atoms with Gasteiger partial charge in [0, 0.05) is 11.3 Å². The van der Waals surface area contributed by atoms with Gasteiger partial charge in [-0.25, -0.2) is 0 Å². The molecule has 1 rings (SSSR count). The summed E-state index contributed by atoms with van der Waals surface area (Å²) < 4.78 is 0. The van der Waals surface area contributed by atoms with Crippen LogP contribution in [0.2, 0.25) is 0 Å². The largest absolute Gasteiger partial charge is 0.293 e. The van der Waals surface area contributed by atoms with Gasteiger partial charge in [0.15, 0.2) is 5.78 Å². The summed E-state index contributed by atoms with van der Waals surface area (Å²) in [5.74, 6) is 0.823. The number of hydrogen-bond acceptors (Lipinski definition) is 2. The average Bonchev–Trinajstić information content (AvgIpc) is 2.17. The van der Waals surface area contributed by atoms with Crippen LogP contribution in [0.4, 0.5) is 0 Å². The number of ketones is 1. The molecule has 0 atom stereocenters. The second-order valence-electron chi connectivity index (χ2n) is 2.41. The highest BCUT2D eigenvalue weighted by Gasteiger charge is 2.01. The summed E-state index contributed by atoms with van der Waals surface area (Å²) in [5.41, 5.74) is 1.88. The fourth-order valence-corrected chi connectivity index (χ4v) is 1.41. The van der Waals surface area contributed by atoms with Gasteiger partial charge in [0.25, 0.3) is 0 Å². The lowest BCUT2D eigenvalue weighted by Gasteiger charge is -1.98. The summed E-state index contributed by atoms with van der Waals surface area (Å²) >= 11 is 7.25. The van der Waals surface area contributed by atoms with E-state index in [1.54, 1.807) is 0 Å². The molecule has 64 valence electrons. The Morgan fingerprint density at radius 1 is 1.33 bits per heavy atom. The van der Waals surface area contributed by atoms with E-state index >= 15 is 0 Å². The lowest BCUT2D eigenvalue weighted by atomic mass is 10.1. The van der Waals surface area contributed by atoms with E-state index in [9.17, 15) is 4.79 Å². The van der Waals surface area contributed by atoms with Gasteiger partial charge >= 0.3 is 0 Å². The maximum atomic E-state index is 11.1. The van der Waals surface area contributed by atoms with E-state index < -0.39 is 0 Å². The molecule has 0 aliphatic carbocycles. The number of thiol groups is 1. The molecule has 1 aromatic carbocycles. The maximum absolute atomic E-state index is 11.1. The van der Waals surface area contributed by atoms with E-state index in [0.29, 0.717) is 11.1 Å². The zero-order chi connectivity index (χ0) is 8.97. The van der Waals surface area contributed by atoms with Crippen LogP contribution in [0.3, 0.4) is 0 Å². The monoisotopic (exact) mass is 244 g/mol.